The maximum absolute atomic E-state index is 15.1. The summed E-state index contributed by atoms with van der Waals surface area (Å²) in [6, 6.07) is 5.77. The fourth-order valence-electron chi connectivity index (χ4n) is 3.69. The molecule has 1 atom stereocenters. The van der Waals surface area contributed by atoms with Crippen molar-refractivity contribution in [2.75, 3.05) is 20.1 Å². The largest absolute Gasteiger partial charge is 0.473 e. The van der Waals surface area contributed by atoms with E-state index in [1.54, 1.807) is 18.7 Å². The Labute approximate surface area is 199 Å². The summed E-state index contributed by atoms with van der Waals surface area (Å²) >= 11 is 0. The highest BCUT2D eigenvalue weighted by Crippen LogP contribution is 2.31. The second-order valence-electron chi connectivity index (χ2n) is 7.83. The van der Waals surface area contributed by atoms with Crippen LogP contribution >= 0.6 is 0 Å². The number of furan rings is 1. The number of allylic oxidation sites excluding steroid dienone is 5. The number of pyridine rings is 1. The van der Waals surface area contributed by atoms with E-state index in [4.69, 9.17) is 13.9 Å². The molecule has 8 heteroatoms. The molecule has 2 aromatic heterocycles. The molecule has 0 amide bonds. The lowest BCUT2D eigenvalue weighted by atomic mass is 10.1. The van der Waals surface area contributed by atoms with Gasteiger partial charge in [0, 0.05) is 42.7 Å². The molecule has 0 radical (unpaired) electrons. The fraction of sp³-hybridized carbons (Fsp3) is 0.308. The Bertz CT molecular complexity index is 1040. The minimum absolute atomic E-state index is 0.00195. The van der Waals surface area contributed by atoms with Crippen LogP contribution in [0.5, 0.6) is 0 Å². The number of nitrogens with one attached hydrogen (secondary N) is 2. The molecule has 4 rings (SSSR count). The second kappa shape index (κ2) is 12.7. The summed E-state index contributed by atoms with van der Waals surface area (Å²) in [6.45, 7) is 8.15. The van der Waals surface area contributed by atoms with Crippen molar-refractivity contribution in [2.24, 2.45) is 0 Å². The Kier molecular flexibility index (Phi) is 9.37. The Balaban J connectivity index is 0.00000103. The van der Waals surface area contributed by atoms with Crippen molar-refractivity contribution in [3.05, 3.63) is 96.0 Å². The van der Waals surface area contributed by atoms with Crippen LogP contribution in [0.2, 0.25) is 0 Å². The van der Waals surface area contributed by atoms with Gasteiger partial charge in [-0.2, -0.15) is 0 Å². The zero-order valence-corrected chi connectivity index (χ0v) is 19.6. The topological polar surface area (TPSA) is 79.6 Å². The van der Waals surface area contributed by atoms with Crippen LogP contribution in [-0.2, 0) is 22.6 Å². The van der Waals surface area contributed by atoms with Crippen LogP contribution in [0.15, 0.2) is 83.6 Å². The average Bonchev–Trinajstić information content (AvgIpc) is 3.42. The third-order valence-electron chi connectivity index (χ3n) is 5.28. The van der Waals surface area contributed by atoms with Crippen molar-refractivity contribution in [1.82, 2.24) is 20.5 Å². The highest BCUT2D eigenvalue weighted by Gasteiger charge is 2.28. The van der Waals surface area contributed by atoms with E-state index >= 15 is 4.39 Å². The van der Waals surface area contributed by atoms with Crippen LogP contribution in [0.4, 0.5) is 4.39 Å². The maximum atomic E-state index is 15.1. The molecular formula is C26H31FN4O3. The predicted molar refractivity (Wildman–Crippen MR) is 130 cm³/mol. The van der Waals surface area contributed by atoms with Crippen LogP contribution < -0.4 is 10.6 Å². The van der Waals surface area contributed by atoms with Crippen molar-refractivity contribution in [3.8, 4) is 0 Å². The van der Waals surface area contributed by atoms with E-state index in [2.05, 4.69) is 22.2 Å². The van der Waals surface area contributed by atoms with E-state index in [-0.39, 0.29) is 11.9 Å². The molecule has 0 spiro atoms. The first kappa shape index (κ1) is 25.1. The number of aldehydes is 1. The van der Waals surface area contributed by atoms with Crippen molar-refractivity contribution >= 4 is 11.9 Å². The van der Waals surface area contributed by atoms with Crippen LogP contribution in [0, 0.1) is 0 Å². The third-order valence-corrected chi connectivity index (χ3v) is 5.28. The summed E-state index contributed by atoms with van der Waals surface area (Å²) in [7, 11) is 1.88. The minimum atomic E-state index is -0.289. The third kappa shape index (κ3) is 6.76. The van der Waals surface area contributed by atoms with Crippen LogP contribution in [0.1, 0.15) is 30.2 Å². The molecule has 180 valence electrons. The number of carbonyl (C=O) groups excluding carboxylic acids is 1. The summed E-state index contributed by atoms with van der Waals surface area (Å²) in [6.07, 6.45) is 11.8. The zero-order valence-electron chi connectivity index (χ0n) is 19.6. The van der Waals surface area contributed by atoms with Crippen molar-refractivity contribution in [1.29, 1.82) is 0 Å². The van der Waals surface area contributed by atoms with E-state index < -0.39 is 0 Å². The van der Waals surface area contributed by atoms with Gasteiger partial charge in [-0.3, -0.25) is 4.98 Å². The van der Waals surface area contributed by atoms with E-state index in [9.17, 15) is 0 Å². The van der Waals surface area contributed by atoms with Gasteiger partial charge in [0.25, 0.3) is 0 Å². The molecule has 1 saturated heterocycles. The molecule has 34 heavy (non-hydrogen) atoms. The first-order valence-corrected chi connectivity index (χ1v) is 11.2. The van der Waals surface area contributed by atoms with Gasteiger partial charge in [-0.25, -0.2) is 4.39 Å². The van der Waals surface area contributed by atoms with Gasteiger partial charge in [-0.15, -0.1) is 0 Å². The standard InChI is InChI=1S/C24H27FN4O2.C2H4O/c1-17-29(15-21(31-17)14-26-2)20-4-3-5-22(23(25)10-20)24-7-6-18(13-28-24)11-27-12-19-8-9-30-16-19;1-2-3/h3-4,6-10,13,16,21,26-27H,1,5,11-12,14-15H2,2H3;2H,1H3. The number of rotatable bonds is 8. The van der Waals surface area contributed by atoms with E-state index in [0.29, 0.717) is 43.2 Å². The number of ether oxygens (including phenoxy) is 1. The highest BCUT2D eigenvalue weighted by molar-refractivity contribution is 5.69. The summed E-state index contributed by atoms with van der Waals surface area (Å²) in [5.41, 5.74) is 4.07. The van der Waals surface area contributed by atoms with Crippen molar-refractivity contribution in [3.63, 3.8) is 0 Å². The van der Waals surface area contributed by atoms with Crippen molar-refractivity contribution < 1.29 is 18.3 Å². The summed E-state index contributed by atoms with van der Waals surface area (Å²) in [5.74, 6) is 0.251. The summed E-state index contributed by atoms with van der Waals surface area (Å²) < 4.78 is 25.9. The van der Waals surface area contributed by atoms with Gasteiger partial charge in [0.15, 0.2) is 5.88 Å². The molecule has 2 aromatic rings. The Morgan fingerprint density at radius 3 is 2.76 bits per heavy atom. The van der Waals surface area contributed by atoms with Gasteiger partial charge >= 0.3 is 0 Å². The lowest BCUT2D eigenvalue weighted by Gasteiger charge is -2.17. The SMILES string of the molecule is C=C1OC(CNC)CN1C1=CC(F)=C(c2ccc(CNCc3ccoc3)cn2)CC=C1.CC=O. The maximum Gasteiger partial charge on any atom is 0.186 e. The van der Waals surface area contributed by atoms with Gasteiger partial charge in [-0.05, 0) is 56.8 Å². The van der Waals surface area contributed by atoms with Crippen LogP contribution in [0.3, 0.4) is 0 Å². The Morgan fingerprint density at radius 1 is 1.29 bits per heavy atom. The second-order valence-corrected chi connectivity index (χ2v) is 7.83. The molecule has 1 fully saturated rings. The first-order chi connectivity index (χ1) is 16.5. The molecule has 0 aromatic carbocycles. The first-order valence-electron chi connectivity index (χ1n) is 11.2. The number of hydrogen-bond acceptors (Lipinski definition) is 7. The summed E-state index contributed by atoms with van der Waals surface area (Å²) in [4.78, 5) is 15.2. The molecular weight excluding hydrogens is 435 g/mol. The van der Waals surface area contributed by atoms with Crippen molar-refractivity contribution in [2.45, 2.75) is 32.5 Å². The molecule has 1 aliphatic heterocycles. The van der Waals surface area contributed by atoms with Gasteiger partial charge in [0.1, 0.15) is 18.2 Å². The highest BCUT2D eigenvalue weighted by atomic mass is 19.1. The van der Waals surface area contributed by atoms with Crippen LogP contribution in [0.25, 0.3) is 5.57 Å². The van der Waals surface area contributed by atoms with Gasteiger partial charge in [-0.1, -0.05) is 12.1 Å². The lowest BCUT2D eigenvalue weighted by Crippen LogP contribution is -2.28. The monoisotopic (exact) mass is 466 g/mol. The lowest BCUT2D eigenvalue weighted by molar-refractivity contribution is -0.106. The normalized spacial score (nSPS) is 17.6. The zero-order chi connectivity index (χ0) is 24.3. The van der Waals surface area contributed by atoms with Gasteiger partial charge < -0.3 is 29.5 Å². The molecule has 3 heterocycles. The number of nitrogens with zero attached hydrogens (tertiary/aromatic N) is 2. The number of hydrogen-bond donors (Lipinski definition) is 2. The predicted octanol–water partition coefficient (Wildman–Crippen LogP) is 4.09. The molecule has 0 saturated carbocycles. The Hall–Kier alpha value is -3.49. The van der Waals surface area contributed by atoms with Crippen LogP contribution in [-0.4, -0.2) is 42.4 Å². The smallest absolute Gasteiger partial charge is 0.186 e. The Morgan fingerprint density at radius 2 is 2.09 bits per heavy atom. The molecule has 2 aliphatic rings. The minimum Gasteiger partial charge on any atom is -0.473 e. The average molecular weight is 467 g/mol. The number of halogens is 1. The summed E-state index contributed by atoms with van der Waals surface area (Å²) in [5, 5.41) is 6.44. The molecule has 2 N–H and O–H groups in total. The number of aromatic nitrogens is 1. The molecule has 1 aliphatic carbocycles. The fourth-order valence-corrected chi connectivity index (χ4v) is 3.69. The van der Waals surface area contributed by atoms with E-state index in [1.807, 2.05) is 42.3 Å². The van der Waals surface area contributed by atoms with E-state index in [0.717, 1.165) is 29.7 Å². The molecule has 1 unspecified atom stereocenters. The van der Waals surface area contributed by atoms with Gasteiger partial charge in [0.05, 0.1) is 24.8 Å². The molecule has 7 nitrogen and oxygen atoms in total. The number of likely N-dealkylation sites (N-methyl/N-ethyl adjacent to an activating group) is 1. The van der Waals surface area contributed by atoms with Gasteiger partial charge in [0.2, 0.25) is 0 Å². The quantitative estimate of drug-likeness (QED) is 0.568. The van der Waals surface area contributed by atoms with E-state index in [1.165, 1.54) is 13.0 Å². The number of carbonyl (C=O) groups is 1. The molecule has 0 bridgehead atoms.